The van der Waals surface area contributed by atoms with Gasteiger partial charge >= 0.3 is 0 Å². The van der Waals surface area contributed by atoms with Gasteiger partial charge in [-0.3, -0.25) is 9.59 Å². The summed E-state index contributed by atoms with van der Waals surface area (Å²) in [6.45, 7) is 1.56. The highest BCUT2D eigenvalue weighted by molar-refractivity contribution is 5.83. The second-order valence-corrected chi connectivity index (χ2v) is 9.04. The third-order valence-electron chi connectivity index (χ3n) is 6.38. The fourth-order valence-corrected chi connectivity index (χ4v) is 4.67. The molecule has 3 aromatic rings. The molecule has 0 saturated heterocycles. The summed E-state index contributed by atoms with van der Waals surface area (Å²) in [4.78, 5) is 23.9. The second-order valence-electron chi connectivity index (χ2n) is 9.04. The van der Waals surface area contributed by atoms with Gasteiger partial charge in [0, 0.05) is 23.8 Å². The average molecular weight is 459 g/mol. The highest BCUT2D eigenvalue weighted by Gasteiger charge is 2.27. The summed E-state index contributed by atoms with van der Waals surface area (Å²) >= 11 is 0. The van der Waals surface area contributed by atoms with E-state index >= 15 is 0 Å². The molecule has 2 atom stereocenters. The fraction of sp³-hybridized carbons (Fsp3) is 0.407. The van der Waals surface area contributed by atoms with E-state index in [0.29, 0.717) is 36.1 Å². The van der Waals surface area contributed by atoms with Gasteiger partial charge in [-0.15, -0.1) is 0 Å². The molecule has 1 saturated carbocycles. The van der Waals surface area contributed by atoms with E-state index in [2.05, 4.69) is 20.4 Å². The number of nitrogens with zero attached hydrogens (tertiary/aromatic N) is 4. The summed E-state index contributed by atoms with van der Waals surface area (Å²) in [6, 6.07) is 15.4. The summed E-state index contributed by atoms with van der Waals surface area (Å²) in [5.74, 6) is 1.52. The Kier molecular flexibility index (Phi) is 7.72. The number of carbonyl (C=O) groups excluding carboxylic acids is 2. The highest BCUT2D eigenvalue weighted by Crippen LogP contribution is 2.39. The standard InChI is InChI=1S/C27H30N4O3/c1-18(32)14-22-10-12-25(30-28-22)19-7-5-8-20(15-19)26-13-11-23(29-31-26)17-24(33)16-21-6-3-4-9-27(21)34-2/h3-4,6,9-13,19-20H,5,7-8,14-17H2,1-2H3/t19-,20-/m0/s1. The number of hydrogen-bond acceptors (Lipinski definition) is 7. The maximum Gasteiger partial charge on any atom is 0.143 e. The number of aromatic nitrogens is 4. The van der Waals surface area contributed by atoms with Gasteiger partial charge in [-0.1, -0.05) is 24.6 Å². The number of carbonyl (C=O) groups is 2. The van der Waals surface area contributed by atoms with Crippen LogP contribution in [0.3, 0.4) is 0 Å². The van der Waals surface area contributed by atoms with Gasteiger partial charge in [0.15, 0.2) is 0 Å². The zero-order chi connectivity index (χ0) is 23.9. The number of ketones is 2. The van der Waals surface area contributed by atoms with Crippen LogP contribution in [0.5, 0.6) is 5.75 Å². The summed E-state index contributed by atoms with van der Waals surface area (Å²) in [7, 11) is 1.61. The molecule has 34 heavy (non-hydrogen) atoms. The minimum Gasteiger partial charge on any atom is -0.496 e. The van der Waals surface area contributed by atoms with E-state index in [-0.39, 0.29) is 18.0 Å². The first kappa shape index (κ1) is 23.7. The lowest BCUT2D eigenvalue weighted by atomic mass is 9.78. The van der Waals surface area contributed by atoms with Crippen molar-refractivity contribution in [3.63, 3.8) is 0 Å². The Bertz CT molecular complexity index is 1130. The Balaban J connectivity index is 1.35. The minimum atomic E-state index is 0.0797. The average Bonchev–Trinajstić information content (AvgIpc) is 2.85. The number of methoxy groups -OCH3 is 1. The van der Waals surface area contributed by atoms with Gasteiger partial charge in [0.05, 0.1) is 42.7 Å². The summed E-state index contributed by atoms with van der Waals surface area (Å²) in [5, 5.41) is 17.4. The van der Waals surface area contributed by atoms with Crippen LogP contribution in [-0.4, -0.2) is 39.1 Å². The van der Waals surface area contributed by atoms with Crippen molar-refractivity contribution >= 4 is 11.6 Å². The largest absolute Gasteiger partial charge is 0.496 e. The maximum absolute atomic E-state index is 12.6. The monoisotopic (exact) mass is 458 g/mol. The van der Waals surface area contributed by atoms with Crippen LogP contribution in [0.25, 0.3) is 0 Å². The number of Topliss-reactive ketones (excluding diaryl/α,β-unsaturated/α-hetero) is 2. The molecule has 7 heteroatoms. The maximum atomic E-state index is 12.6. The van der Waals surface area contributed by atoms with E-state index < -0.39 is 0 Å². The van der Waals surface area contributed by atoms with Crippen LogP contribution in [0.2, 0.25) is 0 Å². The van der Waals surface area contributed by atoms with Gasteiger partial charge in [-0.2, -0.15) is 20.4 Å². The first-order valence-corrected chi connectivity index (χ1v) is 11.8. The Morgan fingerprint density at radius 1 is 0.824 bits per heavy atom. The molecule has 1 aromatic carbocycles. The molecule has 0 unspecified atom stereocenters. The third kappa shape index (κ3) is 6.10. The zero-order valence-corrected chi connectivity index (χ0v) is 19.7. The molecule has 0 spiro atoms. The summed E-state index contributed by atoms with van der Waals surface area (Å²) in [6.07, 6.45) is 5.05. The number of rotatable bonds is 9. The Hall–Kier alpha value is -3.48. The molecule has 0 radical (unpaired) electrons. The first-order chi connectivity index (χ1) is 16.5. The Labute approximate surface area is 200 Å². The molecular formula is C27H30N4O3. The van der Waals surface area contributed by atoms with E-state index in [4.69, 9.17) is 4.74 Å². The van der Waals surface area contributed by atoms with E-state index in [1.54, 1.807) is 14.0 Å². The van der Waals surface area contributed by atoms with Gasteiger partial charge < -0.3 is 4.74 Å². The lowest BCUT2D eigenvalue weighted by Crippen LogP contribution is -2.16. The molecule has 0 aliphatic heterocycles. The van der Waals surface area contributed by atoms with Gasteiger partial charge in [0.1, 0.15) is 17.3 Å². The van der Waals surface area contributed by atoms with E-state index in [9.17, 15) is 9.59 Å². The van der Waals surface area contributed by atoms with Crippen LogP contribution in [-0.2, 0) is 28.9 Å². The molecular weight excluding hydrogens is 428 g/mol. The van der Waals surface area contributed by atoms with E-state index in [1.807, 2.05) is 48.5 Å². The number of para-hydroxylation sites is 1. The van der Waals surface area contributed by atoms with Gasteiger partial charge in [-0.25, -0.2) is 0 Å². The fourth-order valence-electron chi connectivity index (χ4n) is 4.67. The molecule has 0 N–H and O–H groups in total. The zero-order valence-electron chi connectivity index (χ0n) is 19.7. The molecule has 4 rings (SSSR count). The van der Waals surface area contributed by atoms with Crippen LogP contribution in [0.1, 0.15) is 72.8 Å². The topological polar surface area (TPSA) is 94.9 Å². The smallest absolute Gasteiger partial charge is 0.143 e. The van der Waals surface area contributed by atoms with E-state index in [0.717, 1.165) is 48.4 Å². The van der Waals surface area contributed by atoms with Crippen molar-refractivity contribution in [2.75, 3.05) is 7.11 Å². The van der Waals surface area contributed by atoms with Crippen molar-refractivity contribution in [1.29, 1.82) is 0 Å². The molecule has 1 aliphatic rings. The number of benzene rings is 1. The molecule has 0 bridgehead atoms. The van der Waals surface area contributed by atoms with Crippen molar-refractivity contribution in [3.8, 4) is 5.75 Å². The van der Waals surface area contributed by atoms with Crippen molar-refractivity contribution in [2.24, 2.45) is 0 Å². The van der Waals surface area contributed by atoms with Crippen molar-refractivity contribution in [3.05, 3.63) is 76.9 Å². The summed E-state index contributed by atoms with van der Waals surface area (Å²) < 4.78 is 5.34. The van der Waals surface area contributed by atoms with Crippen molar-refractivity contribution in [2.45, 2.75) is 63.7 Å². The lowest BCUT2D eigenvalue weighted by molar-refractivity contribution is -0.118. The number of ether oxygens (including phenoxy) is 1. The summed E-state index contributed by atoms with van der Waals surface area (Å²) in [5.41, 5.74) is 4.22. The third-order valence-corrected chi connectivity index (χ3v) is 6.38. The van der Waals surface area contributed by atoms with E-state index in [1.165, 1.54) is 0 Å². The lowest BCUT2D eigenvalue weighted by Gasteiger charge is -2.28. The molecule has 2 heterocycles. The van der Waals surface area contributed by atoms with Gasteiger partial charge in [-0.05, 0) is 56.5 Å². The second kappa shape index (κ2) is 11.1. The van der Waals surface area contributed by atoms with Gasteiger partial charge in [0.2, 0.25) is 0 Å². The predicted molar refractivity (Wildman–Crippen MR) is 128 cm³/mol. The molecule has 7 nitrogen and oxygen atoms in total. The van der Waals surface area contributed by atoms with Crippen LogP contribution >= 0.6 is 0 Å². The van der Waals surface area contributed by atoms with Crippen LogP contribution < -0.4 is 4.74 Å². The SMILES string of the molecule is COc1ccccc1CC(=O)Cc1ccc([C@H]2CCC[C@H](c3ccc(CC(C)=O)nn3)C2)nn1. The normalized spacial score (nSPS) is 17.8. The molecule has 1 aliphatic carbocycles. The first-order valence-electron chi connectivity index (χ1n) is 11.8. The van der Waals surface area contributed by atoms with Crippen LogP contribution in [0.15, 0.2) is 48.5 Å². The number of hydrogen-bond donors (Lipinski definition) is 0. The molecule has 176 valence electrons. The molecule has 2 aromatic heterocycles. The molecule has 0 amide bonds. The van der Waals surface area contributed by atoms with Crippen molar-refractivity contribution in [1.82, 2.24) is 20.4 Å². The van der Waals surface area contributed by atoms with Crippen LogP contribution in [0.4, 0.5) is 0 Å². The highest BCUT2D eigenvalue weighted by atomic mass is 16.5. The molecule has 1 fully saturated rings. The Morgan fingerprint density at radius 3 is 2.00 bits per heavy atom. The van der Waals surface area contributed by atoms with Crippen molar-refractivity contribution < 1.29 is 14.3 Å². The Morgan fingerprint density at radius 2 is 1.44 bits per heavy atom. The van der Waals surface area contributed by atoms with Crippen LogP contribution in [0, 0.1) is 0 Å². The van der Waals surface area contributed by atoms with Gasteiger partial charge in [0.25, 0.3) is 0 Å². The minimum absolute atomic E-state index is 0.0797. The quantitative estimate of drug-likeness (QED) is 0.474. The predicted octanol–water partition coefficient (Wildman–Crippen LogP) is 4.20.